The first kappa shape index (κ1) is 28.0. The molecule has 0 spiro atoms. The molecule has 1 N–H and O–H groups in total. The normalized spacial score (nSPS) is 17.8. The van der Waals surface area contributed by atoms with Gasteiger partial charge in [-0.3, -0.25) is 4.79 Å². The van der Waals surface area contributed by atoms with Crippen LogP contribution in [0.4, 0.5) is 24.5 Å². The summed E-state index contributed by atoms with van der Waals surface area (Å²) in [6.07, 6.45) is -3.69. The Bertz CT molecular complexity index is 1420. The number of alkyl halides is 3. The van der Waals surface area contributed by atoms with Gasteiger partial charge in [0.15, 0.2) is 6.04 Å². The van der Waals surface area contributed by atoms with Crippen LogP contribution < -0.4 is 5.32 Å². The Hall–Kier alpha value is -2.97. The van der Waals surface area contributed by atoms with Gasteiger partial charge in [0.2, 0.25) is 11.2 Å². The molecule has 1 saturated heterocycles. The summed E-state index contributed by atoms with van der Waals surface area (Å²) in [5.41, 5.74) is 1.35. The molecule has 10 nitrogen and oxygen atoms in total. The van der Waals surface area contributed by atoms with E-state index in [0.29, 0.717) is 22.0 Å². The number of ether oxygens (including phenoxy) is 1. The summed E-state index contributed by atoms with van der Waals surface area (Å²) in [5, 5.41) is 7.23. The van der Waals surface area contributed by atoms with Gasteiger partial charge in [-0.2, -0.15) is 22.7 Å². The molecule has 1 fully saturated rings. The predicted molar refractivity (Wildman–Crippen MR) is 134 cm³/mol. The van der Waals surface area contributed by atoms with Crippen LogP contribution in [0.25, 0.3) is 5.78 Å². The number of carbonyl (C=O) groups is 1. The summed E-state index contributed by atoms with van der Waals surface area (Å²) < 4.78 is 72.6. The van der Waals surface area contributed by atoms with Crippen molar-refractivity contribution in [3.63, 3.8) is 0 Å². The van der Waals surface area contributed by atoms with E-state index in [2.05, 4.69) is 20.4 Å². The molecule has 0 radical (unpaired) electrons. The number of aromatic nitrogens is 4. The van der Waals surface area contributed by atoms with Crippen molar-refractivity contribution in [2.45, 2.75) is 38.1 Å². The minimum absolute atomic E-state index is 0.00438. The van der Waals surface area contributed by atoms with E-state index < -0.39 is 40.0 Å². The smallest absolute Gasteiger partial charge is 0.375 e. The van der Waals surface area contributed by atoms with E-state index in [4.69, 9.17) is 16.3 Å². The van der Waals surface area contributed by atoms with Gasteiger partial charge in [-0.25, -0.2) is 13.4 Å². The minimum atomic E-state index is -4.75. The number of sulfone groups is 1. The lowest BCUT2D eigenvalue weighted by molar-refractivity contribution is -0.190. The maximum atomic E-state index is 14.1. The van der Waals surface area contributed by atoms with E-state index >= 15 is 0 Å². The zero-order valence-corrected chi connectivity index (χ0v) is 22.3. The molecule has 4 rings (SSSR count). The van der Waals surface area contributed by atoms with Crippen molar-refractivity contribution in [1.82, 2.24) is 24.5 Å². The molecule has 1 aliphatic rings. The monoisotopic (exact) mass is 574 g/mol. The number of methoxy groups -OCH3 is 1. The van der Waals surface area contributed by atoms with Crippen molar-refractivity contribution in [2.75, 3.05) is 31.0 Å². The number of halogens is 4. The van der Waals surface area contributed by atoms with E-state index in [1.165, 1.54) is 42.1 Å². The molecule has 3 aromatic rings. The molecule has 0 saturated carbocycles. The summed E-state index contributed by atoms with van der Waals surface area (Å²) in [7, 11) is -0.651. The highest BCUT2D eigenvalue weighted by atomic mass is 35.5. The van der Waals surface area contributed by atoms with Crippen molar-refractivity contribution in [3.8, 4) is 0 Å². The van der Waals surface area contributed by atoms with Crippen LogP contribution in [-0.2, 0) is 19.4 Å². The van der Waals surface area contributed by atoms with Gasteiger partial charge in [-0.1, -0.05) is 12.1 Å². The highest BCUT2D eigenvalue weighted by Gasteiger charge is 2.46. The maximum absolute atomic E-state index is 14.1. The fourth-order valence-electron chi connectivity index (χ4n) is 4.51. The lowest BCUT2D eigenvalue weighted by Gasteiger charge is -2.34. The molecule has 1 aromatic carbocycles. The first-order chi connectivity index (χ1) is 17.8. The third-order valence-corrected chi connectivity index (χ3v) is 8.45. The molecule has 0 unspecified atom stereocenters. The largest absolute Gasteiger partial charge is 0.413 e. The number of anilines is 2. The van der Waals surface area contributed by atoms with Gasteiger partial charge in [0.25, 0.3) is 5.78 Å². The first-order valence-electron chi connectivity index (χ1n) is 11.7. The van der Waals surface area contributed by atoms with Crippen LogP contribution in [0.15, 0.2) is 30.5 Å². The van der Waals surface area contributed by atoms with Gasteiger partial charge in [0, 0.05) is 25.8 Å². The Morgan fingerprint density at radius 2 is 1.87 bits per heavy atom. The highest BCUT2D eigenvalue weighted by molar-refractivity contribution is 7.91. The first-order valence-corrected chi connectivity index (χ1v) is 13.9. The lowest BCUT2D eigenvalue weighted by atomic mass is 9.98. The Kier molecular flexibility index (Phi) is 7.86. The average Bonchev–Trinajstić information content (AvgIpc) is 3.23. The number of hydrogen-bond acceptors (Lipinski definition) is 8. The second-order valence-electron chi connectivity index (χ2n) is 9.09. The molecular formula is C23H26ClF3N6O4S. The topological polar surface area (TPSA) is 119 Å². The minimum Gasteiger partial charge on any atom is -0.375 e. The maximum Gasteiger partial charge on any atom is 0.413 e. The fraction of sp³-hybridized carbons (Fsp3) is 0.478. The molecule has 2 aromatic heterocycles. The molecule has 206 valence electrons. The van der Waals surface area contributed by atoms with Crippen molar-refractivity contribution >= 4 is 44.5 Å². The number of benzene rings is 1. The summed E-state index contributed by atoms with van der Waals surface area (Å²) in [5.74, 6) is -1.67. The highest BCUT2D eigenvalue weighted by Crippen LogP contribution is 2.39. The van der Waals surface area contributed by atoms with E-state index in [-0.39, 0.29) is 41.0 Å². The van der Waals surface area contributed by atoms with E-state index in [9.17, 15) is 26.4 Å². The Morgan fingerprint density at radius 3 is 2.45 bits per heavy atom. The third-order valence-electron chi connectivity index (χ3n) is 6.57. The van der Waals surface area contributed by atoms with Gasteiger partial charge >= 0.3 is 6.18 Å². The van der Waals surface area contributed by atoms with Gasteiger partial charge in [-0.15, -0.1) is 5.10 Å². The molecule has 3 heterocycles. The third kappa shape index (κ3) is 5.86. The van der Waals surface area contributed by atoms with Crippen molar-refractivity contribution in [1.29, 1.82) is 0 Å². The number of rotatable bonds is 7. The van der Waals surface area contributed by atoms with Gasteiger partial charge in [-0.05, 0) is 49.1 Å². The van der Waals surface area contributed by atoms with E-state index in [1.54, 1.807) is 6.92 Å². The lowest BCUT2D eigenvalue weighted by Crippen LogP contribution is -2.44. The summed E-state index contributed by atoms with van der Waals surface area (Å²) in [4.78, 5) is 21.8. The number of fused-ring (bicyclic) bond motifs is 1. The SMILES string of the molecule is CO[C@@H](C)c1c(Nc2ccc([C@H](N(C)C(=O)C3CCS(=O)(=O)CC3)C(F)(F)F)cc2)cnc2nc(Cl)nn12. The van der Waals surface area contributed by atoms with Gasteiger partial charge in [0.1, 0.15) is 9.84 Å². The molecule has 38 heavy (non-hydrogen) atoms. The molecular weight excluding hydrogens is 549 g/mol. The molecule has 1 amide bonds. The fourth-order valence-corrected chi connectivity index (χ4v) is 6.16. The van der Waals surface area contributed by atoms with Crippen LogP contribution in [-0.4, -0.2) is 70.6 Å². The van der Waals surface area contributed by atoms with Gasteiger partial charge < -0.3 is 15.0 Å². The van der Waals surface area contributed by atoms with Crippen LogP contribution in [0.5, 0.6) is 0 Å². The van der Waals surface area contributed by atoms with Crippen LogP contribution in [0.1, 0.15) is 43.2 Å². The number of amides is 1. The van der Waals surface area contributed by atoms with Crippen LogP contribution >= 0.6 is 11.6 Å². The number of hydrogen-bond donors (Lipinski definition) is 1. The summed E-state index contributed by atoms with van der Waals surface area (Å²) in [6, 6.07) is 3.29. The molecule has 1 aliphatic heterocycles. The van der Waals surface area contributed by atoms with Crippen LogP contribution in [0.2, 0.25) is 5.28 Å². The average molecular weight is 575 g/mol. The summed E-state index contributed by atoms with van der Waals surface area (Å²) in [6.45, 7) is 1.78. The van der Waals surface area contributed by atoms with Crippen molar-refractivity contribution < 1.29 is 31.1 Å². The Labute approximate surface area is 222 Å². The van der Waals surface area contributed by atoms with Crippen LogP contribution in [0.3, 0.4) is 0 Å². The Balaban J connectivity index is 1.59. The molecule has 0 aliphatic carbocycles. The zero-order chi connectivity index (χ0) is 27.8. The summed E-state index contributed by atoms with van der Waals surface area (Å²) >= 11 is 5.92. The van der Waals surface area contributed by atoms with E-state index in [0.717, 1.165) is 7.05 Å². The number of nitrogens with zero attached hydrogens (tertiary/aromatic N) is 5. The van der Waals surface area contributed by atoms with Crippen molar-refractivity contribution in [3.05, 3.63) is 47.0 Å². The quantitative estimate of drug-likeness (QED) is 0.448. The van der Waals surface area contributed by atoms with Gasteiger partial charge in [0.05, 0.1) is 35.2 Å². The van der Waals surface area contributed by atoms with Crippen molar-refractivity contribution in [2.24, 2.45) is 5.92 Å². The molecule has 0 bridgehead atoms. The van der Waals surface area contributed by atoms with Crippen LogP contribution in [0, 0.1) is 5.92 Å². The second kappa shape index (κ2) is 10.7. The zero-order valence-electron chi connectivity index (χ0n) is 20.7. The van der Waals surface area contributed by atoms with E-state index in [1.807, 2.05) is 0 Å². The standard InChI is InChI=1S/C23H26ClF3N6O4S/c1-13(37-3)18-17(12-28-22-30-21(24)31-33(18)22)29-16-6-4-14(5-7-16)19(23(25,26)27)32(2)20(34)15-8-10-38(35,36)11-9-15/h4-7,12-13,15,19,29H,8-11H2,1-3H3/t13-,19-/m0/s1. The molecule has 2 atom stereocenters. The Morgan fingerprint density at radius 1 is 1.24 bits per heavy atom. The second-order valence-corrected chi connectivity index (χ2v) is 11.7. The number of carbonyl (C=O) groups excluding carboxylic acids is 1. The predicted octanol–water partition coefficient (Wildman–Crippen LogP) is 4.12. The number of nitrogens with one attached hydrogen (secondary N) is 1. The molecule has 15 heteroatoms.